The monoisotopic (exact) mass is 439 g/mol. The van der Waals surface area contributed by atoms with E-state index in [1.807, 2.05) is 23.6 Å². The molecule has 0 bridgehead atoms. The van der Waals surface area contributed by atoms with Crippen molar-refractivity contribution in [3.63, 3.8) is 0 Å². The van der Waals surface area contributed by atoms with E-state index >= 15 is 0 Å². The number of aromatic nitrogens is 2. The van der Waals surface area contributed by atoms with Gasteiger partial charge in [0.2, 0.25) is 0 Å². The van der Waals surface area contributed by atoms with Gasteiger partial charge in [0.1, 0.15) is 11.3 Å². The molecule has 164 valence electrons. The molecule has 0 atom stereocenters. The average molecular weight is 440 g/mol. The molecule has 1 aromatic carbocycles. The summed E-state index contributed by atoms with van der Waals surface area (Å²) in [6.45, 7) is 3.23. The third-order valence-corrected chi connectivity index (χ3v) is 5.74. The van der Waals surface area contributed by atoms with Crippen LogP contribution in [0.1, 0.15) is 61.4 Å². The lowest BCUT2D eigenvalue weighted by Crippen LogP contribution is -2.07. The summed E-state index contributed by atoms with van der Waals surface area (Å²) in [6, 6.07) is 9.16. The van der Waals surface area contributed by atoms with Gasteiger partial charge in [0.25, 0.3) is 0 Å². The molecule has 3 rings (SSSR count). The van der Waals surface area contributed by atoms with Gasteiger partial charge in [0, 0.05) is 29.9 Å². The fraction of sp³-hybridized carbons (Fsp3) is 0.375. The number of unbranched alkanes of at least 4 members (excludes halogenated alkanes) is 5. The number of pyridine rings is 1. The van der Waals surface area contributed by atoms with Crippen molar-refractivity contribution in [2.75, 3.05) is 11.9 Å². The SMILES string of the molecule is CCCCCCCCOc1ccc(CNc2nc(-c3cccnc3)cs2)cc1C(=O)O. The van der Waals surface area contributed by atoms with Gasteiger partial charge < -0.3 is 15.2 Å². The zero-order chi connectivity index (χ0) is 21.9. The molecule has 0 fully saturated rings. The Morgan fingerprint density at radius 2 is 2.00 bits per heavy atom. The predicted molar refractivity (Wildman–Crippen MR) is 125 cm³/mol. The number of hydrogen-bond donors (Lipinski definition) is 2. The molecule has 2 aromatic heterocycles. The standard InChI is InChI=1S/C24H29N3O3S/c1-2-3-4-5-6-7-13-30-22-11-10-18(14-20(22)23(28)29)15-26-24-27-21(17-31-24)19-9-8-12-25-16-19/h8-12,14,16-17H,2-7,13,15H2,1H3,(H,26,27)(H,28,29). The third kappa shape index (κ3) is 7.07. The van der Waals surface area contributed by atoms with Crippen molar-refractivity contribution in [3.8, 4) is 17.0 Å². The number of carboxylic acid groups (broad SMARTS) is 1. The van der Waals surface area contributed by atoms with Crippen LogP contribution in [0, 0.1) is 0 Å². The van der Waals surface area contributed by atoms with Crippen molar-refractivity contribution in [1.82, 2.24) is 9.97 Å². The van der Waals surface area contributed by atoms with E-state index in [1.165, 1.54) is 37.0 Å². The highest BCUT2D eigenvalue weighted by atomic mass is 32.1. The fourth-order valence-corrected chi connectivity index (χ4v) is 3.94. The second-order valence-corrected chi connectivity index (χ2v) is 8.24. The molecule has 0 aliphatic rings. The molecule has 0 spiro atoms. The lowest BCUT2D eigenvalue weighted by Gasteiger charge is -2.11. The number of carboxylic acids is 1. The molecular weight excluding hydrogens is 410 g/mol. The lowest BCUT2D eigenvalue weighted by molar-refractivity contribution is 0.0692. The van der Waals surface area contributed by atoms with E-state index in [4.69, 9.17) is 4.74 Å². The summed E-state index contributed by atoms with van der Waals surface area (Å²) in [5, 5.41) is 15.6. The number of hydrogen-bond acceptors (Lipinski definition) is 6. The molecule has 0 aliphatic carbocycles. The normalized spacial score (nSPS) is 10.7. The number of aromatic carboxylic acids is 1. The smallest absolute Gasteiger partial charge is 0.339 e. The van der Waals surface area contributed by atoms with Crippen molar-refractivity contribution >= 4 is 22.4 Å². The molecule has 6 nitrogen and oxygen atoms in total. The Balaban J connectivity index is 1.53. The van der Waals surface area contributed by atoms with Crippen LogP contribution < -0.4 is 10.1 Å². The van der Waals surface area contributed by atoms with Crippen LogP contribution >= 0.6 is 11.3 Å². The topological polar surface area (TPSA) is 84.3 Å². The van der Waals surface area contributed by atoms with Crippen molar-refractivity contribution in [1.29, 1.82) is 0 Å². The van der Waals surface area contributed by atoms with Gasteiger partial charge >= 0.3 is 5.97 Å². The first-order valence-corrected chi connectivity index (χ1v) is 11.6. The van der Waals surface area contributed by atoms with Crippen LogP contribution in [0.25, 0.3) is 11.3 Å². The lowest BCUT2D eigenvalue weighted by atomic mass is 10.1. The van der Waals surface area contributed by atoms with Crippen LogP contribution in [0.5, 0.6) is 5.75 Å². The van der Waals surface area contributed by atoms with Gasteiger partial charge in [-0.3, -0.25) is 4.98 Å². The van der Waals surface area contributed by atoms with Gasteiger partial charge in [-0.2, -0.15) is 0 Å². The minimum Gasteiger partial charge on any atom is -0.493 e. The molecule has 7 heteroatoms. The molecule has 3 aromatic rings. The summed E-state index contributed by atoms with van der Waals surface area (Å²) < 4.78 is 5.76. The maximum Gasteiger partial charge on any atom is 0.339 e. The summed E-state index contributed by atoms with van der Waals surface area (Å²) in [5.41, 5.74) is 2.89. The molecule has 0 aliphatic heterocycles. The van der Waals surface area contributed by atoms with Gasteiger partial charge in [0.05, 0.1) is 12.3 Å². The average Bonchev–Trinajstić information content (AvgIpc) is 3.27. The number of nitrogens with zero attached hydrogens (tertiary/aromatic N) is 2. The Labute approximate surface area is 187 Å². The van der Waals surface area contributed by atoms with Gasteiger partial charge in [-0.25, -0.2) is 9.78 Å². The second-order valence-electron chi connectivity index (χ2n) is 7.39. The van der Waals surface area contributed by atoms with Crippen LogP contribution in [0.4, 0.5) is 5.13 Å². The molecule has 2 heterocycles. The first-order valence-electron chi connectivity index (χ1n) is 10.8. The maximum atomic E-state index is 11.7. The maximum absolute atomic E-state index is 11.7. The number of benzene rings is 1. The van der Waals surface area contributed by atoms with E-state index in [0.29, 0.717) is 18.9 Å². The second kappa shape index (κ2) is 12.1. The molecule has 0 saturated carbocycles. The molecule has 31 heavy (non-hydrogen) atoms. The largest absolute Gasteiger partial charge is 0.493 e. The van der Waals surface area contributed by atoms with Gasteiger partial charge in [-0.15, -0.1) is 11.3 Å². The van der Waals surface area contributed by atoms with Gasteiger partial charge in [-0.1, -0.05) is 45.1 Å². The first kappa shape index (κ1) is 22.7. The van der Waals surface area contributed by atoms with E-state index < -0.39 is 5.97 Å². The highest BCUT2D eigenvalue weighted by Crippen LogP contribution is 2.25. The fourth-order valence-electron chi connectivity index (χ4n) is 3.22. The van der Waals surface area contributed by atoms with Crippen LogP contribution in [0.15, 0.2) is 48.1 Å². The Morgan fingerprint density at radius 1 is 1.16 bits per heavy atom. The van der Waals surface area contributed by atoms with E-state index in [2.05, 4.69) is 22.2 Å². The number of anilines is 1. The Hall–Kier alpha value is -2.93. The number of nitrogens with one attached hydrogen (secondary N) is 1. The Bertz CT molecular complexity index is 960. The van der Waals surface area contributed by atoms with Gasteiger partial charge in [-0.05, 0) is 36.2 Å². The van der Waals surface area contributed by atoms with E-state index in [9.17, 15) is 9.90 Å². The quantitative estimate of drug-likeness (QED) is 0.306. The van der Waals surface area contributed by atoms with Crippen molar-refractivity contribution < 1.29 is 14.6 Å². The van der Waals surface area contributed by atoms with Crippen molar-refractivity contribution in [2.45, 2.75) is 52.0 Å². The summed E-state index contributed by atoms with van der Waals surface area (Å²) in [7, 11) is 0. The van der Waals surface area contributed by atoms with Crippen molar-refractivity contribution in [2.24, 2.45) is 0 Å². The van der Waals surface area contributed by atoms with E-state index in [1.54, 1.807) is 24.5 Å². The van der Waals surface area contributed by atoms with Crippen LogP contribution in [-0.4, -0.2) is 27.7 Å². The Morgan fingerprint density at radius 3 is 2.77 bits per heavy atom. The van der Waals surface area contributed by atoms with E-state index in [0.717, 1.165) is 34.8 Å². The summed E-state index contributed by atoms with van der Waals surface area (Å²) in [4.78, 5) is 20.4. The number of thiazole rings is 1. The number of ether oxygens (including phenoxy) is 1. The zero-order valence-electron chi connectivity index (χ0n) is 17.8. The summed E-state index contributed by atoms with van der Waals surface area (Å²) in [5.74, 6) is -0.550. The highest BCUT2D eigenvalue weighted by Gasteiger charge is 2.13. The number of rotatable bonds is 13. The summed E-state index contributed by atoms with van der Waals surface area (Å²) in [6.07, 6.45) is 10.5. The van der Waals surface area contributed by atoms with Crippen molar-refractivity contribution in [3.05, 3.63) is 59.2 Å². The van der Waals surface area contributed by atoms with Gasteiger partial charge in [0.15, 0.2) is 5.13 Å². The molecule has 0 unspecified atom stereocenters. The third-order valence-electron chi connectivity index (χ3n) is 4.94. The molecular formula is C24H29N3O3S. The van der Waals surface area contributed by atoms with E-state index in [-0.39, 0.29) is 5.56 Å². The Kier molecular flexibility index (Phi) is 8.84. The first-order chi connectivity index (χ1) is 15.2. The predicted octanol–water partition coefficient (Wildman–Crippen LogP) is 6.25. The highest BCUT2D eigenvalue weighted by molar-refractivity contribution is 7.14. The molecule has 0 radical (unpaired) electrons. The summed E-state index contributed by atoms with van der Waals surface area (Å²) >= 11 is 1.51. The van der Waals surface area contributed by atoms with Crippen LogP contribution in [0.3, 0.4) is 0 Å². The molecule has 0 amide bonds. The minimum absolute atomic E-state index is 0.195. The van der Waals surface area contributed by atoms with Crippen LogP contribution in [-0.2, 0) is 6.54 Å². The van der Waals surface area contributed by atoms with Crippen LogP contribution in [0.2, 0.25) is 0 Å². The zero-order valence-corrected chi connectivity index (χ0v) is 18.7. The molecule has 0 saturated heterocycles. The molecule has 2 N–H and O–H groups in total. The number of carbonyl (C=O) groups is 1. The minimum atomic E-state index is -0.979.